The highest BCUT2D eigenvalue weighted by molar-refractivity contribution is 9.10. The number of carbonyl (C=O) groups is 1. The van der Waals surface area contributed by atoms with E-state index in [1.54, 1.807) is 42.5 Å². The monoisotopic (exact) mass is 412 g/mol. The van der Waals surface area contributed by atoms with Gasteiger partial charge in [0.1, 0.15) is 11.5 Å². The van der Waals surface area contributed by atoms with Gasteiger partial charge in [0.05, 0.1) is 10.5 Å². The summed E-state index contributed by atoms with van der Waals surface area (Å²) in [5, 5.41) is 13.8. The molecular formula is C19H13BrN2O4. The summed E-state index contributed by atoms with van der Waals surface area (Å²) in [6, 6.07) is 16.8. The molecular weight excluding hydrogens is 400 g/mol. The summed E-state index contributed by atoms with van der Waals surface area (Å²) in [6.45, 7) is 0. The number of anilines is 1. The number of hydrogen-bond donors (Lipinski definition) is 1. The Hall–Kier alpha value is -3.19. The van der Waals surface area contributed by atoms with Crippen LogP contribution in [0.2, 0.25) is 0 Å². The number of nitro benzene ring substituents is 1. The van der Waals surface area contributed by atoms with Crippen molar-refractivity contribution in [2.45, 2.75) is 0 Å². The molecule has 0 fully saturated rings. The lowest BCUT2D eigenvalue weighted by Gasteiger charge is -2.01. The highest BCUT2D eigenvalue weighted by Gasteiger charge is 2.16. The molecule has 0 bridgehead atoms. The molecule has 0 aliphatic carbocycles. The van der Waals surface area contributed by atoms with Crippen molar-refractivity contribution in [3.63, 3.8) is 0 Å². The van der Waals surface area contributed by atoms with Crippen LogP contribution in [0.5, 0.6) is 0 Å². The molecule has 0 unspecified atom stereocenters. The standard InChI is InChI=1S/C19H13BrN2O4/c20-13-4-3-5-14(12-13)21-19(23)11-9-15-8-10-18(26-15)16-6-1-2-7-17(16)22(24)25/h1-12H,(H,21,23). The topological polar surface area (TPSA) is 85.4 Å². The first kappa shape index (κ1) is 17.6. The number of hydrogen-bond acceptors (Lipinski definition) is 4. The third kappa shape index (κ3) is 4.25. The predicted molar refractivity (Wildman–Crippen MR) is 103 cm³/mol. The van der Waals surface area contributed by atoms with Crippen LogP contribution in [0.1, 0.15) is 5.76 Å². The zero-order chi connectivity index (χ0) is 18.5. The Labute approximate surface area is 157 Å². The molecule has 0 saturated heterocycles. The summed E-state index contributed by atoms with van der Waals surface area (Å²) in [5.74, 6) is 0.471. The lowest BCUT2D eigenvalue weighted by Crippen LogP contribution is -2.07. The SMILES string of the molecule is O=C(C=Cc1ccc(-c2ccccc2[N+](=O)[O-])o1)Nc1cccc(Br)c1. The van der Waals surface area contributed by atoms with Crippen molar-refractivity contribution >= 4 is 39.3 Å². The molecule has 0 saturated carbocycles. The molecule has 26 heavy (non-hydrogen) atoms. The minimum absolute atomic E-state index is 0.0372. The van der Waals surface area contributed by atoms with Crippen molar-refractivity contribution in [1.29, 1.82) is 0 Å². The van der Waals surface area contributed by atoms with E-state index >= 15 is 0 Å². The molecule has 1 aromatic heterocycles. The van der Waals surface area contributed by atoms with E-state index in [0.29, 0.717) is 22.8 Å². The zero-order valence-electron chi connectivity index (χ0n) is 13.4. The van der Waals surface area contributed by atoms with Gasteiger partial charge in [-0.15, -0.1) is 0 Å². The van der Waals surface area contributed by atoms with E-state index in [1.165, 1.54) is 18.2 Å². The predicted octanol–water partition coefficient (Wildman–Crippen LogP) is 5.27. The average molecular weight is 413 g/mol. The number of rotatable bonds is 5. The van der Waals surface area contributed by atoms with Crippen LogP contribution in [0.3, 0.4) is 0 Å². The first-order valence-electron chi connectivity index (χ1n) is 7.61. The number of nitro groups is 1. The van der Waals surface area contributed by atoms with Gasteiger partial charge in [-0.3, -0.25) is 14.9 Å². The van der Waals surface area contributed by atoms with Crippen LogP contribution in [0, 0.1) is 10.1 Å². The van der Waals surface area contributed by atoms with Crippen LogP contribution < -0.4 is 5.32 Å². The van der Waals surface area contributed by atoms with Gasteiger partial charge in [0.15, 0.2) is 0 Å². The molecule has 0 atom stereocenters. The normalized spacial score (nSPS) is 10.8. The number of halogens is 1. The number of amides is 1. The summed E-state index contributed by atoms with van der Waals surface area (Å²) in [4.78, 5) is 22.6. The molecule has 7 heteroatoms. The molecule has 130 valence electrons. The Balaban J connectivity index is 1.73. The van der Waals surface area contributed by atoms with Crippen molar-refractivity contribution in [3.05, 3.63) is 87.1 Å². The Kier molecular flexibility index (Phi) is 5.28. The number of carbonyl (C=O) groups excluding carboxylic acids is 1. The van der Waals surface area contributed by atoms with Gasteiger partial charge in [-0.05, 0) is 42.5 Å². The van der Waals surface area contributed by atoms with Gasteiger partial charge in [-0.25, -0.2) is 0 Å². The second-order valence-corrected chi connectivity index (χ2v) is 6.22. The Morgan fingerprint density at radius 2 is 1.92 bits per heavy atom. The summed E-state index contributed by atoms with van der Waals surface area (Å²) in [7, 11) is 0. The molecule has 1 N–H and O–H groups in total. The van der Waals surface area contributed by atoms with E-state index in [4.69, 9.17) is 4.42 Å². The molecule has 0 spiro atoms. The van der Waals surface area contributed by atoms with Gasteiger partial charge in [0.2, 0.25) is 5.91 Å². The van der Waals surface area contributed by atoms with E-state index in [0.717, 1.165) is 4.47 Å². The molecule has 0 aliphatic heterocycles. The summed E-state index contributed by atoms with van der Waals surface area (Å²) in [5.41, 5.74) is 1.01. The van der Waals surface area contributed by atoms with Crippen molar-refractivity contribution in [3.8, 4) is 11.3 Å². The molecule has 0 aliphatic rings. The lowest BCUT2D eigenvalue weighted by atomic mass is 10.1. The Morgan fingerprint density at radius 3 is 2.69 bits per heavy atom. The first-order chi connectivity index (χ1) is 12.5. The smallest absolute Gasteiger partial charge is 0.280 e. The van der Waals surface area contributed by atoms with Crippen molar-refractivity contribution < 1.29 is 14.1 Å². The number of nitrogens with zero attached hydrogens (tertiary/aromatic N) is 1. The molecule has 2 aromatic carbocycles. The van der Waals surface area contributed by atoms with E-state index in [1.807, 2.05) is 12.1 Å². The fourth-order valence-electron chi connectivity index (χ4n) is 2.34. The second-order valence-electron chi connectivity index (χ2n) is 5.31. The summed E-state index contributed by atoms with van der Waals surface area (Å²) in [6.07, 6.45) is 2.84. The fourth-order valence-corrected chi connectivity index (χ4v) is 2.74. The van der Waals surface area contributed by atoms with Gasteiger partial charge in [-0.1, -0.05) is 34.1 Å². The largest absolute Gasteiger partial charge is 0.456 e. The Bertz CT molecular complexity index is 994. The lowest BCUT2D eigenvalue weighted by molar-refractivity contribution is -0.384. The first-order valence-corrected chi connectivity index (χ1v) is 8.40. The summed E-state index contributed by atoms with van der Waals surface area (Å²) < 4.78 is 6.46. The van der Waals surface area contributed by atoms with Gasteiger partial charge in [0.25, 0.3) is 5.69 Å². The van der Waals surface area contributed by atoms with E-state index in [-0.39, 0.29) is 11.6 Å². The highest BCUT2D eigenvalue weighted by Crippen LogP contribution is 2.31. The van der Waals surface area contributed by atoms with Gasteiger partial charge < -0.3 is 9.73 Å². The number of para-hydroxylation sites is 1. The maximum Gasteiger partial charge on any atom is 0.280 e. The van der Waals surface area contributed by atoms with Gasteiger partial charge in [-0.2, -0.15) is 0 Å². The quantitative estimate of drug-likeness (QED) is 0.351. The van der Waals surface area contributed by atoms with Crippen LogP contribution in [0.25, 0.3) is 17.4 Å². The van der Waals surface area contributed by atoms with Crippen LogP contribution in [0.4, 0.5) is 11.4 Å². The van der Waals surface area contributed by atoms with Gasteiger partial charge >= 0.3 is 0 Å². The zero-order valence-corrected chi connectivity index (χ0v) is 15.0. The van der Waals surface area contributed by atoms with E-state index in [2.05, 4.69) is 21.2 Å². The third-order valence-corrected chi connectivity index (χ3v) is 3.98. The van der Waals surface area contributed by atoms with E-state index < -0.39 is 4.92 Å². The number of benzene rings is 2. The highest BCUT2D eigenvalue weighted by atomic mass is 79.9. The fraction of sp³-hybridized carbons (Fsp3) is 0. The molecule has 3 aromatic rings. The minimum atomic E-state index is -0.460. The maximum atomic E-state index is 12.0. The number of furan rings is 1. The molecule has 0 radical (unpaired) electrons. The van der Waals surface area contributed by atoms with Crippen molar-refractivity contribution in [1.82, 2.24) is 0 Å². The Morgan fingerprint density at radius 1 is 1.12 bits per heavy atom. The van der Waals surface area contributed by atoms with Crippen molar-refractivity contribution in [2.75, 3.05) is 5.32 Å². The van der Waals surface area contributed by atoms with Crippen LogP contribution in [-0.2, 0) is 4.79 Å². The van der Waals surface area contributed by atoms with Crippen LogP contribution in [-0.4, -0.2) is 10.8 Å². The molecule has 6 nitrogen and oxygen atoms in total. The number of nitrogens with one attached hydrogen (secondary N) is 1. The van der Waals surface area contributed by atoms with Crippen LogP contribution in [0.15, 0.2) is 75.6 Å². The second kappa shape index (κ2) is 7.79. The van der Waals surface area contributed by atoms with Crippen LogP contribution >= 0.6 is 15.9 Å². The van der Waals surface area contributed by atoms with E-state index in [9.17, 15) is 14.9 Å². The molecule has 3 rings (SSSR count). The minimum Gasteiger partial charge on any atom is -0.456 e. The van der Waals surface area contributed by atoms with Gasteiger partial charge in [0, 0.05) is 22.3 Å². The molecule has 1 heterocycles. The summed E-state index contributed by atoms with van der Waals surface area (Å²) >= 11 is 3.34. The average Bonchev–Trinajstić information content (AvgIpc) is 3.09. The maximum absolute atomic E-state index is 12.0. The molecule has 1 amide bonds. The van der Waals surface area contributed by atoms with Crippen molar-refractivity contribution in [2.24, 2.45) is 0 Å². The third-order valence-electron chi connectivity index (χ3n) is 3.48.